The second kappa shape index (κ2) is 2.31. The Morgan fingerprint density at radius 3 is 2.60 bits per heavy atom. The summed E-state index contributed by atoms with van der Waals surface area (Å²) in [5, 5.41) is 0.519. The summed E-state index contributed by atoms with van der Waals surface area (Å²) in [5.41, 5.74) is 0. The number of fused-ring (bicyclic) bond motifs is 1. The Balaban J connectivity index is 1.94. The fourth-order valence-electron chi connectivity index (χ4n) is 1.81. The van der Waals surface area contributed by atoms with E-state index in [4.69, 9.17) is 4.74 Å². The Kier molecular flexibility index (Phi) is 1.57. The van der Waals surface area contributed by atoms with Crippen molar-refractivity contribution in [1.29, 1.82) is 0 Å². The van der Waals surface area contributed by atoms with Crippen molar-refractivity contribution in [2.75, 3.05) is 18.5 Å². The van der Waals surface area contributed by atoms with Crippen LogP contribution in [0.15, 0.2) is 0 Å². The monoisotopic (exact) mass is 204 g/mol. The molecule has 3 heteroatoms. The maximum atomic E-state index is 11.1. The standard InChI is InChI=1S/C7H9BrO2/c8-1-6(9)7-4-2-10-3-5(4)7/h4-5,7H,1-3H2/t4-,5?,7?/m1/s1. The largest absolute Gasteiger partial charge is 0.381 e. The van der Waals surface area contributed by atoms with Gasteiger partial charge in [-0.05, 0) is 11.8 Å². The molecule has 0 aromatic rings. The van der Waals surface area contributed by atoms with Gasteiger partial charge in [0.2, 0.25) is 0 Å². The molecule has 2 nitrogen and oxygen atoms in total. The number of hydrogen-bond acceptors (Lipinski definition) is 2. The van der Waals surface area contributed by atoms with Crippen LogP contribution < -0.4 is 0 Å². The van der Waals surface area contributed by atoms with E-state index in [0.717, 1.165) is 13.2 Å². The van der Waals surface area contributed by atoms with E-state index in [1.807, 2.05) is 0 Å². The lowest BCUT2D eigenvalue weighted by Gasteiger charge is -1.98. The van der Waals surface area contributed by atoms with Gasteiger partial charge in [-0.2, -0.15) is 0 Å². The Labute approximate surface area is 68.1 Å². The molecule has 1 saturated carbocycles. The van der Waals surface area contributed by atoms with E-state index in [1.54, 1.807) is 0 Å². The van der Waals surface area contributed by atoms with Gasteiger partial charge in [0.25, 0.3) is 0 Å². The van der Waals surface area contributed by atoms with Gasteiger partial charge in [-0.15, -0.1) is 0 Å². The van der Waals surface area contributed by atoms with Crippen molar-refractivity contribution in [1.82, 2.24) is 0 Å². The van der Waals surface area contributed by atoms with Crippen LogP contribution in [0, 0.1) is 17.8 Å². The topological polar surface area (TPSA) is 26.3 Å². The van der Waals surface area contributed by atoms with Crippen LogP contribution in [0.4, 0.5) is 0 Å². The predicted octanol–water partition coefficient (Wildman–Crippen LogP) is 0.843. The summed E-state index contributed by atoms with van der Waals surface area (Å²) in [5.74, 6) is 1.85. The summed E-state index contributed by atoms with van der Waals surface area (Å²) in [7, 11) is 0. The second-order valence-corrected chi connectivity index (χ2v) is 3.55. The van der Waals surface area contributed by atoms with E-state index in [1.165, 1.54) is 0 Å². The molecule has 2 unspecified atom stereocenters. The lowest BCUT2D eigenvalue weighted by molar-refractivity contribution is -0.118. The average Bonchev–Trinajstić information content (AvgIpc) is 2.43. The van der Waals surface area contributed by atoms with Crippen molar-refractivity contribution in [2.45, 2.75) is 0 Å². The summed E-state index contributed by atoms with van der Waals surface area (Å²) in [4.78, 5) is 11.1. The summed E-state index contributed by atoms with van der Waals surface area (Å²) < 4.78 is 5.16. The first kappa shape index (κ1) is 6.80. The van der Waals surface area contributed by atoms with Crippen LogP contribution in [0.3, 0.4) is 0 Å². The van der Waals surface area contributed by atoms with Gasteiger partial charge in [0.05, 0.1) is 18.5 Å². The Morgan fingerprint density at radius 2 is 2.10 bits per heavy atom. The van der Waals surface area contributed by atoms with Gasteiger partial charge in [-0.1, -0.05) is 15.9 Å². The highest BCUT2D eigenvalue weighted by atomic mass is 79.9. The number of carbonyl (C=O) groups is 1. The molecule has 2 aliphatic rings. The summed E-state index contributed by atoms with van der Waals surface area (Å²) in [6.07, 6.45) is 0. The molecule has 0 amide bonds. The van der Waals surface area contributed by atoms with Crippen LogP contribution in [-0.2, 0) is 9.53 Å². The molecule has 2 rings (SSSR count). The molecule has 1 saturated heterocycles. The van der Waals surface area contributed by atoms with Crippen LogP contribution in [0.1, 0.15) is 0 Å². The van der Waals surface area contributed by atoms with Crippen molar-refractivity contribution < 1.29 is 9.53 Å². The first-order valence-corrected chi connectivity index (χ1v) is 4.63. The molecule has 1 aliphatic carbocycles. The van der Waals surface area contributed by atoms with Crippen molar-refractivity contribution in [3.63, 3.8) is 0 Å². The quantitative estimate of drug-likeness (QED) is 0.624. The zero-order chi connectivity index (χ0) is 7.14. The first-order chi connectivity index (χ1) is 4.84. The van der Waals surface area contributed by atoms with E-state index in [0.29, 0.717) is 28.9 Å². The first-order valence-electron chi connectivity index (χ1n) is 3.51. The lowest BCUT2D eigenvalue weighted by atomic mass is 10.2. The smallest absolute Gasteiger partial charge is 0.147 e. The maximum Gasteiger partial charge on any atom is 0.147 e. The molecule has 3 atom stereocenters. The third-order valence-corrected chi connectivity index (χ3v) is 3.01. The van der Waals surface area contributed by atoms with Crippen molar-refractivity contribution >= 4 is 21.7 Å². The zero-order valence-electron chi connectivity index (χ0n) is 5.55. The predicted molar refractivity (Wildman–Crippen MR) is 40.1 cm³/mol. The number of ether oxygens (including phenoxy) is 1. The van der Waals surface area contributed by atoms with Gasteiger partial charge in [-0.3, -0.25) is 4.79 Å². The number of halogens is 1. The van der Waals surface area contributed by atoms with Crippen LogP contribution in [0.5, 0.6) is 0 Å². The van der Waals surface area contributed by atoms with E-state index in [-0.39, 0.29) is 0 Å². The fourth-order valence-corrected chi connectivity index (χ4v) is 2.18. The molecular formula is C7H9BrO2. The Bertz CT molecular complexity index is 159. The zero-order valence-corrected chi connectivity index (χ0v) is 7.13. The number of ketones is 1. The van der Waals surface area contributed by atoms with Crippen molar-refractivity contribution in [2.24, 2.45) is 17.8 Å². The molecule has 0 bridgehead atoms. The fraction of sp³-hybridized carbons (Fsp3) is 0.857. The average molecular weight is 205 g/mol. The third-order valence-electron chi connectivity index (χ3n) is 2.46. The van der Waals surface area contributed by atoms with E-state index in [9.17, 15) is 4.79 Å². The minimum atomic E-state index is 0.341. The van der Waals surface area contributed by atoms with Crippen LogP contribution >= 0.6 is 15.9 Å². The van der Waals surface area contributed by atoms with Gasteiger partial charge in [0.1, 0.15) is 5.78 Å². The van der Waals surface area contributed by atoms with Crippen LogP contribution in [-0.4, -0.2) is 24.3 Å². The second-order valence-electron chi connectivity index (χ2n) is 2.99. The molecular weight excluding hydrogens is 196 g/mol. The SMILES string of the molecule is O=C(CBr)C1C2COC[C@H]21. The molecule has 10 heavy (non-hydrogen) atoms. The third kappa shape index (κ3) is 0.839. The van der Waals surface area contributed by atoms with E-state index in [2.05, 4.69) is 15.9 Å². The van der Waals surface area contributed by atoms with Gasteiger partial charge in [0, 0.05) is 5.92 Å². The summed E-state index contributed by atoms with van der Waals surface area (Å²) >= 11 is 3.17. The number of alkyl halides is 1. The highest BCUT2D eigenvalue weighted by Gasteiger charge is 2.57. The molecule has 2 fully saturated rings. The Hall–Kier alpha value is 0.110. The molecule has 1 aliphatic heterocycles. The van der Waals surface area contributed by atoms with Crippen molar-refractivity contribution in [3.05, 3.63) is 0 Å². The number of hydrogen-bond donors (Lipinski definition) is 0. The van der Waals surface area contributed by atoms with E-state index >= 15 is 0 Å². The molecule has 56 valence electrons. The highest BCUT2D eigenvalue weighted by Crippen LogP contribution is 2.51. The summed E-state index contributed by atoms with van der Waals surface area (Å²) in [6.45, 7) is 1.63. The molecule has 0 aromatic carbocycles. The number of carbonyl (C=O) groups excluding carboxylic acids is 1. The van der Waals surface area contributed by atoms with Crippen LogP contribution in [0.2, 0.25) is 0 Å². The van der Waals surface area contributed by atoms with Crippen molar-refractivity contribution in [3.8, 4) is 0 Å². The minimum absolute atomic E-state index is 0.341. The lowest BCUT2D eigenvalue weighted by Crippen LogP contribution is -2.09. The van der Waals surface area contributed by atoms with Gasteiger partial charge >= 0.3 is 0 Å². The normalized spacial score (nSPS) is 43.1. The molecule has 0 N–H and O–H groups in total. The molecule has 0 radical (unpaired) electrons. The van der Waals surface area contributed by atoms with Crippen LogP contribution in [0.25, 0.3) is 0 Å². The van der Waals surface area contributed by atoms with Gasteiger partial charge in [-0.25, -0.2) is 0 Å². The molecule has 0 aromatic heterocycles. The maximum absolute atomic E-state index is 11.1. The highest BCUT2D eigenvalue weighted by molar-refractivity contribution is 9.09. The van der Waals surface area contributed by atoms with Gasteiger partial charge < -0.3 is 4.74 Å². The minimum Gasteiger partial charge on any atom is -0.381 e. The summed E-state index contributed by atoms with van der Waals surface area (Å²) in [6, 6.07) is 0. The number of Topliss-reactive ketones (excluding diaryl/α,β-unsaturated/α-hetero) is 1. The van der Waals surface area contributed by atoms with E-state index < -0.39 is 0 Å². The number of rotatable bonds is 2. The molecule has 1 heterocycles. The van der Waals surface area contributed by atoms with Gasteiger partial charge in [0.15, 0.2) is 0 Å². The Morgan fingerprint density at radius 1 is 1.50 bits per heavy atom. The molecule has 0 spiro atoms.